The Balaban J connectivity index is 1.81. The number of hydrogen-bond donors (Lipinski definition) is 1. The number of fused-ring (bicyclic) bond motifs is 1. The molecule has 21 heavy (non-hydrogen) atoms. The minimum absolute atomic E-state index is 0.0863. The number of nitrogens with zero attached hydrogens (tertiary/aromatic N) is 1. The van der Waals surface area contributed by atoms with E-state index >= 15 is 0 Å². The van der Waals surface area contributed by atoms with Gasteiger partial charge in [0.2, 0.25) is 11.8 Å². The van der Waals surface area contributed by atoms with Crippen LogP contribution in [0.3, 0.4) is 0 Å². The van der Waals surface area contributed by atoms with Crippen LogP contribution >= 0.6 is 11.3 Å². The Bertz CT molecular complexity index is 612. The molecule has 6 heteroatoms. The molecule has 1 aliphatic heterocycles. The topological polar surface area (TPSA) is 74.7 Å². The van der Waals surface area contributed by atoms with Crippen molar-refractivity contribution in [2.75, 3.05) is 0 Å². The summed E-state index contributed by atoms with van der Waals surface area (Å²) in [7, 11) is 0. The van der Waals surface area contributed by atoms with Crippen molar-refractivity contribution >= 4 is 29.1 Å². The third-order valence-electron chi connectivity index (χ3n) is 4.52. The molecule has 2 fully saturated rings. The van der Waals surface area contributed by atoms with E-state index in [1.165, 1.54) is 16.2 Å². The molecule has 0 bridgehead atoms. The molecule has 1 saturated heterocycles. The third-order valence-corrected chi connectivity index (χ3v) is 5.61. The van der Waals surface area contributed by atoms with Gasteiger partial charge in [-0.3, -0.25) is 14.5 Å². The normalized spacial score (nSPS) is 28.3. The maximum Gasteiger partial charge on any atom is 0.345 e. The quantitative estimate of drug-likeness (QED) is 0.869. The van der Waals surface area contributed by atoms with Gasteiger partial charge in [0, 0.05) is 4.88 Å². The number of rotatable bonds is 3. The van der Waals surface area contributed by atoms with Crippen molar-refractivity contribution in [2.45, 2.75) is 33.2 Å². The van der Waals surface area contributed by atoms with Gasteiger partial charge in [-0.15, -0.1) is 11.3 Å². The van der Waals surface area contributed by atoms with Gasteiger partial charge in [-0.05, 0) is 37.3 Å². The van der Waals surface area contributed by atoms with Gasteiger partial charge in [-0.25, -0.2) is 4.79 Å². The van der Waals surface area contributed by atoms with Crippen LogP contribution in [-0.4, -0.2) is 27.8 Å². The van der Waals surface area contributed by atoms with Crippen LogP contribution in [0.4, 0.5) is 0 Å². The smallest absolute Gasteiger partial charge is 0.345 e. The first-order valence-corrected chi connectivity index (χ1v) is 7.88. The lowest BCUT2D eigenvalue weighted by Gasteiger charge is -2.16. The lowest BCUT2D eigenvalue weighted by atomic mass is 10.00. The second-order valence-corrected chi connectivity index (χ2v) is 7.31. The van der Waals surface area contributed by atoms with E-state index in [0.29, 0.717) is 5.92 Å². The van der Waals surface area contributed by atoms with Crippen molar-refractivity contribution in [1.29, 1.82) is 0 Å². The second-order valence-electron chi connectivity index (χ2n) is 6.05. The highest BCUT2D eigenvalue weighted by atomic mass is 32.1. The van der Waals surface area contributed by atoms with Gasteiger partial charge >= 0.3 is 5.97 Å². The Hall–Kier alpha value is -1.69. The SMILES string of the molecule is Cc1sc(C(=O)O)cc1CN1C(=O)C2CC(C)CC2C1=O. The van der Waals surface area contributed by atoms with E-state index in [9.17, 15) is 14.4 Å². The van der Waals surface area contributed by atoms with Gasteiger partial charge in [-0.1, -0.05) is 6.92 Å². The molecular formula is C15H17NO4S. The van der Waals surface area contributed by atoms with Gasteiger partial charge in [0.25, 0.3) is 0 Å². The minimum atomic E-state index is -0.973. The summed E-state index contributed by atoms with van der Waals surface area (Å²) in [5.74, 6) is -1.04. The lowest BCUT2D eigenvalue weighted by molar-refractivity contribution is -0.141. The zero-order valence-electron chi connectivity index (χ0n) is 12.0. The number of aryl methyl sites for hydroxylation is 1. The van der Waals surface area contributed by atoms with E-state index in [1.54, 1.807) is 6.07 Å². The molecule has 5 nitrogen and oxygen atoms in total. The molecule has 0 spiro atoms. The van der Waals surface area contributed by atoms with E-state index in [1.807, 2.05) is 6.92 Å². The van der Waals surface area contributed by atoms with Gasteiger partial charge in [0.15, 0.2) is 0 Å². The first-order valence-electron chi connectivity index (χ1n) is 7.06. The highest BCUT2D eigenvalue weighted by molar-refractivity contribution is 7.14. The highest BCUT2D eigenvalue weighted by Gasteiger charge is 2.51. The standard InChI is InChI=1S/C15H17NO4S/c1-7-3-10-11(4-7)14(18)16(13(10)17)6-9-5-12(15(19)20)21-8(9)2/h5,7,10-11H,3-4,6H2,1-2H3,(H,19,20). The van der Waals surface area contributed by atoms with Crippen molar-refractivity contribution in [2.24, 2.45) is 17.8 Å². The third kappa shape index (κ3) is 2.27. The van der Waals surface area contributed by atoms with Crippen LogP contribution in [0.15, 0.2) is 6.07 Å². The van der Waals surface area contributed by atoms with Crippen molar-refractivity contribution in [3.8, 4) is 0 Å². The van der Waals surface area contributed by atoms with Crippen LogP contribution in [0.25, 0.3) is 0 Å². The van der Waals surface area contributed by atoms with Crippen molar-refractivity contribution in [1.82, 2.24) is 4.90 Å². The molecule has 0 aromatic carbocycles. The van der Waals surface area contributed by atoms with Crippen LogP contribution in [0.2, 0.25) is 0 Å². The minimum Gasteiger partial charge on any atom is -0.477 e. The molecule has 1 aromatic heterocycles. The largest absolute Gasteiger partial charge is 0.477 e. The highest BCUT2D eigenvalue weighted by Crippen LogP contribution is 2.43. The van der Waals surface area contributed by atoms with E-state index < -0.39 is 5.97 Å². The summed E-state index contributed by atoms with van der Waals surface area (Å²) in [6, 6.07) is 1.57. The first kappa shape index (κ1) is 14.3. The second kappa shape index (κ2) is 4.94. The zero-order chi connectivity index (χ0) is 15.3. The number of carboxylic acids is 1. The Morgan fingerprint density at radius 1 is 1.33 bits per heavy atom. The Labute approximate surface area is 126 Å². The number of carboxylic acid groups (broad SMARTS) is 1. The predicted molar refractivity (Wildman–Crippen MR) is 77.0 cm³/mol. The van der Waals surface area contributed by atoms with Crippen LogP contribution < -0.4 is 0 Å². The number of carbonyl (C=O) groups excluding carboxylic acids is 2. The van der Waals surface area contributed by atoms with Crippen LogP contribution in [0.1, 0.15) is 39.9 Å². The number of likely N-dealkylation sites (tertiary alicyclic amines) is 1. The predicted octanol–water partition coefficient (Wildman–Crippen LogP) is 2.29. The fourth-order valence-electron chi connectivity index (χ4n) is 3.45. The van der Waals surface area contributed by atoms with Gasteiger partial charge in [0.05, 0.1) is 18.4 Å². The monoisotopic (exact) mass is 307 g/mol. The molecule has 2 amide bonds. The van der Waals surface area contributed by atoms with Crippen LogP contribution in [0.5, 0.6) is 0 Å². The molecule has 2 unspecified atom stereocenters. The van der Waals surface area contributed by atoms with Crippen LogP contribution in [0, 0.1) is 24.7 Å². The summed E-state index contributed by atoms with van der Waals surface area (Å²) >= 11 is 1.18. The molecule has 3 rings (SSSR count). The Morgan fingerprint density at radius 2 is 1.90 bits per heavy atom. The van der Waals surface area contributed by atoms with Crippen molar-refractivity contribution in [3.63, 3.8) is 0 Å². The molecule has 2 aliphatic rings. The van der Waals surface area contributed by atoms with Crippen molar-refractivity contribution in [3.05, 3.63) is 21.4 Å². The molecule has 2 atom stereocenters. The number of aromatic carboxylic acids is 1. The molecule has 1 N–H and O–H groups in total. The Morgan fingerprint density at radius 3 is 2.38 bits per heavy atom. The number of carbonyl (C=O) groups is 3. The molecule has 0 radical (unpaired) electrons. The number of amides is 2. The lowest BCUT2D eigenvalue weighted by Crippen LogP contribution is -2.31. The fourth-order valence-corrected chi connectivity index (χ4v) is 4.33. The van der Waals surface area contributed by atoms with Gasteiger partial charge in [0.1, 0.15) is 4.88 Å². The average Bonchev–Trinajstić information content (AvgIpc) is 3.03. The van der Waals surface area contributed by atoms with E-state index in [4.69, 9.17) is 5.11 Å². The summed E-state index contributed by atoms with van der Waals surface area (Å²) in [5.41, 5.74) is 0.757. The summed E-state index contributed by atoms with van der Waals surface area (Å²) in [6.45, 7) is 4.10. The van der Waals surface area contributed by atoms with E-state index in [2.05, 4.69) is 6.92 Å². The van der Waals surface area contributed by atoms with Crippen LogP contribution in [-0.2, 0) is 16.1 Å². The molecule has 2 heterocycles. The first-order chi connectivity index (χ1) is 9.88. The number of thiophene rings is 1. The molecular weight excluding hydrogens is 290 g/mol. The summed E-state index contributed by atoms with van der Waals surface area (Å²) < 4.78 is 0. The van der Waals surface area contributed by atoms with Crippen molar-refractivity contribution < 1.29 is 19.5 Å². The number of imide groups is 1. The van der Waals surface area contributed by atoms with Gasteiger partial charge < -0.3 is 5.11 Å². The van der Waals surface area contributed by atoms with E-state index in [0.717, 1.165) is 23.3 Å². The average molecular weight is 307 g/mol. The fraction of sp³-hybridized carbons (Fsp3) is 0.533. The number of hydrogen-bond acceptors (Lipinski definition) is 4. The maximum atomic E-state index is 12.4. The Kier molecular flexibility index (Phi) is 3.36. The molecule has 1 saturated carbocycles. The summed E-state index contributed by atoms with van der Waals surface area (Å²) in [4.78, 5) is 38.2. The maximum absolute atomic E-state index is 12.4. The zero-order valence-corrected chi connectivity index (χ0v) is 12.8. The molecule has 1 aliphatic carbocycles. The molecule has 1 aromatic rings. The van der Waals surface area contributed by atoms with E-state index in [-0.39, 0.29) is 35.1 Å². The summed E-state index contributed by atoms with van der Waals surface area (Å²) in [6.07, 6.45) is 1.57. The summed E-state index contributed by atoms with van der Waals surface area (Å²) in [5, 5.41) is 9.01. The molecule has 112 valence electrons. The van der Waals surface area contributed by atoms with Gasteiger partial charge in [-0.2, -0.15) is 0 Å².